The predicted octanol–water partition coefficient (Wildman–Crippen LogP) is 2.67. The molecule has 1 aromatic heterocycles. The molecule has 6 heteroatoms. The van der Waals surface area contributed by atoms with Crippen molar-refractivity contribution in [1.29, 1.82) is 0 Å². The van der Waals surface area contributed by atoms with Gasteiger partial charge >= 0.3 is 5.97 Å². The third-order valence-electron chi connectivity index (χ3n) is 4.38. The lowest BCUT2D eigenvalue weighted by Crippen LogP contribution is -2.51. The Kier molecular flexibility index (Phi) is 4.72. The molecular weight excluding hydrogens is 320 g/mol. The average molecular weight is 342 g/mol. The number of amides is 1. The number of rotatable bonds is 3. The van der Waals surface area contributed by atoms with Gasteiger partial charge in [-0.3, -0.25) is 9.78 Å². The molecule has 132 valence electrons. The number of hydrogen-bond donors (Lipinski definition) is 1. The van der Waals surface area contributed by atoms with E-state index < -0.39 is 12.1 Å². The molecule has 2 aromatic rings. The molecule has 0 spiro atoms. The van der Waals surface area contributed by atoms with Crippen LogP contribution in [0.15, 0.2) is 30.3 Å². The van der Waals surface area contributed by atoms with Crippen LogP contribution in [0.5, 0.6) is 0 Å². The Morgan fingerprint density at radius 1 is 1.28 bits per heavy atom. The summed E-state index contributed by atoms with van der Waals surface area (Å²) < 4.78 is 5.41. The standard InChI is InChI=1S/C19H22N2O4/c1-11(2)16-8-14(13-6-4-5-7-15(13)20-16)18(22)21-9-12(3)25-17(10-21)19(23)24/h4-8,11-12,17H,9-10H2,1-3H3,(H,23,24)/t12-,17?/m1/s1. The number of para-hydroxylation sites is 1. The fraction of sp³-hybridized carbons (Fsp3) is 0.421. The molecule has 3 rings (SSSR count). The van der Waals surface area contributed by atoms with E-state index in [2.05, 4.69) is 4.98 Å². The Labute approximate surface area is 146 Å². The third kappa shape index (κ3) is 3.49. The van der Waals surface area contributed by atoms with Gasteiger partial charge in [0.25, 0.3) is 5.91 Å². The van der Waals surface area contributed by atoms with Crippen LogP contribution < -0.4 is 0 Å². The van der Waals surface area contributed by atoms with Crippen LogP contribution in [0.2, 0.25) is 0 Å². The van der Waals surface area contributed by atoms with Crippen LogP contribution in [-0.4, -0.2) is 52.2 Å². The van der Waals surface area contributed by atoms with Crippen LogP contribution in [0.3, 0.4) is 0 Å². The van der Waals surface area contributed by atoms with Gasteiger partial charge in [-0.1, -0.05) is 32.0 Å². The summed E-state index contributed by atoms with van der Waals surface area (Å²) in [6.45, 7) is 6.26. The number of hydrogen-bond acceptors (Lipinski definition) is 4. The highest BCUT2D eigenvalue weighted by Crippen LogP contribution is 2.25. The highest BCUT2D eigenvalue weighted by atomic mass is 16.5. The zero-order valence-corrected chi connectivity index (χ0v) is 14.6. The van der Waals surface area contributed by atoms with Gasteiger partial charge in [-0.2, -0.15) is 0 Å². The average Bonchev–Trinajstić information content (AvgIpc) is 2.59. The van der Waals surface area contributed by atoms with Gasteiger partial charge in [-0.05, 0) is 25.0 Å². The fourth-order valence-corrected chi connectivity index (χ4v) is 3.09. The number of nitrogens with zero attached hydrogens (tertiary/aromatic N) is 2. The first kappa shape index (κ1) is 17.4. The molecule has 1 amide bonds. The fourth-order valence-electron chi connectivity index (χ4n) is 3.09. The van der Waals surface area contributed by atoms with Gasteiger partial charge in [0.2, 0.25) is 0 Å². The van der Waals surface area contributed by atoms with Crippen LogP contribution in [0.4, 0.5) is 0 Å². The molecular formula is C19H22N2O4. The molecule has 1 aromatic carbocycles. The maximum Gasteiger partial charge on any atom is 0.334 e. The van der Waals surface area contributed by atoms with Crippen molar-refractivity contribution in [3.63, 3.8) is 0 Å². The number of carboxylic acids is 1. The van der Waals surface area contributed by atoms with Crippen molar-refractivity contribution in [3.05, 3.63) is 41.6 Å². The minimum Gasteiger partial charge on any atom is -0.479 e. The number of carboxylic acid groups (broad SMARTS) is 1. The molecule has 0 saturated carbocycles. The summed E-state index contributed by atoms with van der Waals surface area (Å²) in [5.74, 6) is -1.04. The second-order valence-electron chi connectivity index (χ2n) is 6.75. The highest BCUT2D eigenvalue weighted by molar-refractivity contribution is 6.06. The number of pyridine rings is 1. The summed E-state index contributed by atoms with van der Waals surface area (Å²) >= 11 is 0. The van der Waals surface area contributed by atoms with Crippen molar-refractivity contribution in [1.82, 2.24) is 9.88 Å². The minimum absolute atomic E-state index is 0.0478. The Balaban J connectivity index is 2.02. The Bertz CT molecular complexity index is 818. The van der Waals surface area contributed by atoms with E-state index in [9.17, 15) is 14.7 Å². The SMILES string of the molecule is CC(C)c1cc(C(=O)N2CC(C(=O)O)O[C@H](C)C2)c2ccccc2n1. The first-order valence-electron chi connectivity index (χ1n) is 8.44. The molecule has 0 radical (unpaired) electrons. The maximum atomic E-state index is 13.2. The van der Waals surface area contributed by atoms with Crippen molar-refractivity contribution in [2.24, 2.45) is 0 Å². The van der Waals surface area contributed by atoms with E-state index in [1.54, 1.807) is 11.8 Å². The molecule has 1 aliphatic rings. The summed E-state index contributed by atoms with van der Waals surface area (Å²) in [6.07, 6.45) is -1.32. The van der Waals surface area contributed by atoms with E-state index >= 15 is 0 Å². The second-order valence-corrected chi connectivity index (χ2v) is 6.75. The number of fused-ring (bicyclic) bond motifs is 1. The normalized spacial score (nSPS) is 20.9. The first-order valence-corrected chi connectivity index (χ1v) is 8.44. The lowest BCUT2D eigenvalue weighted by Gasteiger charge is -2.35. The van der Waals surface area contributed by atoms with E-state index in [0.717, 1.165) is 16.6 Å². The minimum atomic E-state index is -1.05. The summed E-state index contributed by atoms with van der Waals surface area (Å²) in [5, 5.41) is 10.0. The van der Waals surface area contributed by atoms with Gasteiger partial charge in [0, 0.05) is 17.6 Å². The molecule has 2 atom stereocenters. The largest absolute Gasteiger partial charge is 0.479 e. The molecule has 1 aliphatic heterocycles. The molecule has 1 N–H and O–H groups in total. The number of carbonyl (C=O) groups is 2. The third-order valence-corrected chi connectivity index (χ3v) is 4.38. The van der Waals surface area contributed by atoms with Crippen LogP contribution in [0, 0.1) is 0 Å². The van der Waals surface area contributed by atoms with Crippen molar-refractivity contribution in [3.8, 4) is 0 Å². The first-order chi connectivity index (χ1) is 11.9. The van der Waals surface area contributed by atoms with Gasteiger partial charge in [0.15, 0.2) is 6.10 Å². The van der Waals surface area contributed by atoms with Gasteiger partial charge < -0.3 is 14.7 Å². The molecule has 0 aliphatic carbocycles. The quantitative estimate of drug-likeness (QED) is 0.928. The predicted molar refractivity (Wildman–Crippen MR) is 93.7 cm³/mol. The molecule has 25 heavy (non-hydrogen) atoms. The zero-order valence-electron chi connectivity index (χ0n) is 14.6. The number of carbonyl (C=O) groups excluding carboxylic acids is 1. The van der Waals surface area contributed by atoms with Crippen molar-refractivity contribution < 1.29 is 19.4 Å². The van der Waals surface area contributed by atoms with E-state index in [1.807, 2.05) is 44.2 Å². The highest BCUT2D eigenvalue weighted by Gasteiger charge is 2.33. The number of morpholine rings is 1. The van der Waals surface area contributed by atoms with E-state index in [-0.39, 0.29) is 24.5 Å². The van der Waals surface area contributed by atoms with E-state index in [0.29, 0.717) is 12.1 Å². The smallest absolute Gasteiger partial charge is 0.334 e. The van der Waals surface area contributed by atoms with E-state index in [4.69, 9.17) is 4.74 Å². The lowest BCUT2D eigenvalue weighted by atomic mass is 10.0. The topological polar surface area (TPSA) is 79.7 Å². The van der Waals surface area contributed by atoms with Gasteiger partial charge in [0.1, 0.15) is 0 Å². The summed E-state index contributed by atoms with van der Waals surface area (Å²) in [4.78, 5) is 30.6. The van der Waals surface area contributed by atoms with Crippen molar-refractivity contribution in [2.75, 3.05) is 13.1 Å². The maximum absolute atomic E-state index is 13.2. The van der Waals surface area contributed by atoms with Crippen molar-refractivity contribution in [2.45, 2.75) is 38.9 Å². The molecule has 1 saturated heterocycles. The van der Waals surface area contributed by atoms with E-state index in [1.165, 1.54) is 0 Å². The van der Waals surface area contributed by atoms with Crippen LogP contribution in [0.25, 0.3) is 10.9 Å². The lowest BCUT2D eigenvalue weighted by molar-refractivity contribution is -0.160. The van der Waals surface area contributed by atoms with Crippen LogP contribution in [-0.2, 0) is 9.53 Å². The van der Waals surface area contributed by atoms with Crippen molar-refractivity contribution >= 4 is 22.8 Å². The second kappa shape index (κ2) is 6.80. The Hall–Kier alpha value is -2.47. The van der Waals surface area contributed by atoms with Gasteiger partial charge in [-0.25, -0.2) is 4.79 Å². The molecule has 6 nitrogen and oxygen atoms in total. The van der Waals surface area contributed by atoms with Gasteiger partial charge in [0.05, 0.1) is 23.7 Å². The zero-order chi connectivity index (χ0) is 18.1. The molecule has 2 heterocycles. The number of benzene rings is 1. The Morgan fingerprint density at radius 3 is 2.68 bits per heavy atom. The number of aliphatic carboxylic acids is 1. The molecule has 0 bridgehead atoms. The summed E-state index contributed by atoms with van der Waals surface area (Å²) in [6, 6.07) is 9.35. The monoisotopic (exact) mass is 342 g/mol. The van der Waals surface area contributed by atoms with Crippen LogP contribution >= 0.6 is 0 Å². The summed E-state index contributed by atoms with van der Waals surface area (Å²) in [5.41, 5.74) is 2.18. The molecule has 1 unspecified atom stereocenters. The summed E-state index contributed by atoms with van der Waals surface area (Å²) in [7, 11) is 0. The molecule has 1 fully saturated rings. The number of ether oxygens (including phenoxy) is 1. The van der Waals surface area contributed by atoms with Gasteiger partial charge in [-0.15, -0.1) is 0 Å². The number of aromatic nitrogens is 1. The Morgan fingerprint density at radius 2 is 2.00 bits per heavy atom. The van der Waals surface area contributed by atoms with Crippen LogP contribution in [0.1, 0.15) is 42.7 Å².